The molecule has 3 aliphatic carbocycles. The number of aromatic carboxylic acids is 1. The molecule has 0 aromatic heterocycles. The maximum atomic E-state index is 13.6. The quantitative estimate of drug-likeness (QED) is 0.353. The Bertz CT molecular complexity index is 867. The van der Waals surface area contributed by atoms with E-state index in [2.05, 4.69) is 0 Å². The summed E-state index contributed by atoms with van der Waals surface area (Å²) in [6.45, 7) is -0.273. The molecule has 0 aliphatic heterocycles. The Hall–Kier alpha value is -2.24. The van der Waals surface area contributed by atoms with E-state index in [1.807, 2.05) is 0 Å². The third-order valence-corrected chi connectivity index (χ3v) is 9.56. The Balaban J connectivity index is 1.61. The van der Waals surface area contributed by atoms with Crippen molar-refractivity contribution in [2.45, 2.75) is 128 Å². The van der Waals surface area contributed by atoms with Gasteiger partial charge in [0.1, 0.15) is 11.4 Å². The molecule has 0 unspecified atom stereocenters. The summed E-state index contributed by atoms with van der Waals surface area (Å²) in [5, 5.41) is 21.1. The summed E-state index contributed by atoms with van der Waals surface area (Å²) in [5.74, 6) is -0.852. The number of benzene rings is 1. The lowest BCUT2D eigenvalue weighted by Crippen LogP contribution is -2.56. The average Bonchev–Trinajstić information content (AvgIpc) is 2.87. The van der Waals surface area contributed by atoms with Gasteiger partial charge in [0.15, 0.2) is 6.61 Å². The van der Waals surface area contributed by atoms with Gasteiger partial charge in [-0.2, -0.15) is 0 Å². The molecule has 3 saturated carbocycles. The van der Waals surface area contributed by atoms with Gasteiger partial charge in [0.05, 0.1) is 5.56 Å². The van der Waals surface area contributed by atoms with E-state index in [-0.39, 0.29) is 23.9 Å². The maximum Gasteiger partial charge on any atom is 0.344 e. The fourth-order valence-electron chi connectivity index (χ4n) is 7.75. The van der Waals surface area contributed by atoms with Crippen molar-refractivity contribution < 1.29 is 29.3 Å². The molecule has 4 rings (SSSR count). The molecule has 0 heterocycles. The topological polar surface area (TPSA) is 95.9 Å². The van der Waals surface area contributed by atoms with Gasteiger partial charge in [-0.1, -0.05) is 95.3 Å². The van der Waals surface area contributed by atoms with Crippen LogP contribution in [0, 0.1) is 17.8 Å². The van der Waals surface area contributed by atoms with Crippen LogP contribution in [0.5, 0.6) is 11.5 Å². The molecule has 0 bridgehead atoms. The molecule has 3 fully saturated rings. The van der Waals surface area contributed by atoms with Gasteiger partial charge in [-0.05, 0) is 68.4 Å². The van der Waals surface area contributed by atoms with Crippen LogP contribution in [-0.4, -0.2) is 29.3 Å². The highest BCUT2D eigenvalue weighted by atomic mass is 16.6. The predicted molar refractivity (Wildman–Crippen MR) is 145 cm³/mol. The molecule has 1 aromatic rings. The number of carbonyl (C=O) groups excluding carboxylic acids is 1. The van der Waals surface area contributed by atoms with Gasteiger partial charge in [-0.3, -0.25) is 0 Å². The second-order valence-corrected chi connectivity index (χ2v) is 12.0. The molecular weight excluding hydrogens is 480 g/mol. The van der Waals surface area contributed by atoms with E-state index < -0.39 is 17.3 Å². The molecule has 1 N–H and O–H groups in total. The van der Waals surface area contributed by atoms with Crippen molar-refractivity contribution in [3.05, 3.63) is 23.8 Å². The van der Waals surface area contributed by atoms with Crippen LogP contribution >= 0.6 is 0 Å². The van der Waals surface area contributed by atoms with Crippen molar-refractivity contribution in [1.82, 2.24) is 0 Å². The zero-order chi connectivity index (χ0) is 26.8. The van der Waals surface area contributed by atoms with E-state index in [9.17, 15) is 19.8 Å². The molecule has 212 valence electrons. The maximum absolute atomic E-state index is 13.6. The normalized spacial score (nSPS) is 21.5. The van der Waals surface area contributed by atoms with Gasteiger partial charge < -0.3 is 19.7 Å². The van der Waals surface area contributed by atoms with Crippen molar-refractivity contribution in [3.63, 3.8) is 0 Å². The number of carboxylic acid groups (broad SMARTS) is 1. The molecular formula is C32H47O6-. The summed E-state index contributed by atoms with van der Waals surface area (Å²) < 4.78 is 12.6. The summed E-state index contributed by atoms with van der Waals surface area (Å²) in [6.07, 6.45) is 23.0. The zero-order valence-corrected chi connectivity index (χ0v) is 23.1. The van der Waals surface area contributed by atoms with Gasteiger partial charge in [0, 0.05) is 0 Å². The second kappa shape index (κ2) is 14.2. The predicted octanol–water partition coefficient (Wildman–Crippen LogP) is 7.42. The Morgan fingerprint density at radius 1 is 0.737 bits per heavy atom. The largest absolute Gasteiger partial charge is 0.872 e. The number of carbonyl (C=O) groups is 2. The van der Waals surface area contributed by atoms with Gasteiger partial charge in [-0.15, -0.1) is 0 Å². The third-order valence-electron chi connectivity index (χ3n) is 9.56. The van der Waals surface area contributed by atoms with E-state index in [1.54, 1.807) is 0 Å². The fraction of sp³-hybridized carbons (Fsp3) is 0.750. The smallest absolute Gasteiger partial charge is 0.344 e. The number of hydrogen-bond acceptors (Lipinski definition) is 5. The summed E-state index contributed by atoms with van der Waals surface area (Å²) in [5.41, 5.74) is -0.794. The highest BCUT2D eigenvalue weighted by Crippen LogP contribution is 2.52. The van der Waals surface area contributed by atoms with Crippen LogP contribution in [-0.2, 0) is 9.53 Å². The van der Waals surface area contributed by atoms with Gasteiger partial charge in [-0.25, -0.2) is 9.59 Å². The molecule has 0 amide bonds. The van der Waals surface area contributed by atoms with E-state index >= 15 is 0 Å². The van der Waals surface area contributed by atoms with Crippen molar-refractivity contribution in [2.24, 2.45) is 17.8 Å². The number of ether oxygens (including phenoxy) is 2. The van der Waals surface area contributed by atoms with Crippen LogP contribution in [0.2, 0.25) is 0 Å². The van der Waals surface area contributed by atoms with Crippen LogP contribution < -0.4 is 9.84 Å². The molecule has 1 aromatic carbocycles. The summed E-state index contributed by atoms with van der Waals surface area (Å²) >= 11 is 0. The van der Waals surface area contributed by atoms with Crippen molar-refractivity contribution in [1.29, 1.82) is 0 Å². The molecule has 6 nitrogen and oxygen atoms in total. The molecule has 3 aliphatic rings. The van der Waals surface area contributed by atoms with E-state index in [4.69, 9.17) is 9.47 Å². The summed E-state index contributed by atoms with van der Waals surface area (Å²) in [6, 6.07) is 3.81. The second-order valence-electron chi connectivity index (χ2n) is 12.0. The highest BCUT2D eigenvalue weighted by molar-refractivity contribution is 5.91. The first-order valence-corrected chi connectivity index (χ1v) is 15.4. The summed E-state index contributed by atoms with van der Waals surface area (Å²) in [7, 11) is 0. The molecule has 0 saturated heterocycles. The van der Waals surface area contributed by atoms with Crippen molar-refractivity contribution >= 4 is 11.9 Å². The average molecular weight is 528 g/mol. The van der Waals surface area contributed by atoms with E-state index in [0.717, 1.165) is 38.5 Å². The lowest BCUT2D eigenvalue weighted by Gasteiger charge is -2.52. The zero-order valence-electron chi connectivity index (χ0n) is 23.1. The van der Waals surface area contributed by atoms with E-state index in [1.165, 1.54) is 102 Å². The molecule has 0 atom stereocenters. The van der Waals surface area contributed by atoms with Crippen molar-refractivity contribution in [3.8, 4) is 11.5 Å². The first-order valence-electron chi connectivity index (χ1n) is 15.4. The van der Waals surface area contributed by atoms with Crippen LogP contribution in [0.1, 0.15) is 132 Å². The van der Waals surface area contributed by atoms with Gasteiger partial charge in [0.25, 0.3) is 0 Å². The first-order chi connectivity index (χ1) is 18.5. The Kier molecular flexibility index (Phi) is 10.8. The fourth-order valence-corrected chi connectivity index (χ4v) is 7.75. The summed E-state index contributed by atoms with van der Waals surface area (Å²) in [4.78, 5) is 25.0. The van der Waals surface area contributed by atoms with E-state index in [0.29, 0.717) is 17.8 Å². The highest BCUT2D eigenvalue weighted by Gasteiger charge is 2.53. The monoisotopic (exact) mass is 527 g/mol. The third kappa shape index (κ3) is 7.24. The SMILES string of the molecule is O=C(COc1ccc([O-])c(C(=O)O)c1)OC(C1CCCCCCC1)(C1CCCCCCC1)C1CCCCC1. The van der Waals surface area contributed by atoms with Gasteiger partial charge >= 0.3 is 11.9 Å². The standard InChI is InChI=1S/C32H48O6/c33-29-21-20-27(22-28(29)31(35)36)37-23-30(34)38-32(26-18-12-7-13-19-26,24-14-8-3-1-4-9-15-24)25-16-10-5-2-6-11-17-25/h20-22,24-26,33H,1-19,23H2,(H,35,36)/p-1. The number of hydrogen-bond donors (Lipinski definition) is 1. The molecule has 0 spiro atoms. The number of esters is 1. The molecule has 6 heteroatoms. The minimum atomic E-state index is -1.30. The lowest BCUT2D eigenvalue weighted by molar-refractivity contribution is -0.268. The van der Waals surface area contributed by atoms with Crippen LogP contribution in [0.25, 0.3) is 0 Å². The molecule has 38 heavy (non-hydrogen) atoms. The minimum absolute atomic E-state index is 0.208. The van der Waals surface area contributed by atoms with Crippen LogP contribution in [0.4, 0.5) is 0 Å². The number of carboxylic acids is 1. The van der Waals surface area contributed by atoms with Crippen LogP contribution in [0.3, 0.4) is 0 Å². The van der Waals surface area contributed by atoms with Crippen molar-refractivity contribution in [2.75, 3.05) is 6.61 Å². The lowest BCUT2D eigenvalue weighted by atomic mass is 9.59. The minimum Gasteiger partial charge on any atom is -0.872 e. The number of rotatable bonds is 8. The Morgan fingerprint density at radius 2 is 1.16 bits per heavy atom. The van der Waals surface area contributed by atoms with Crippen LogP contribution in [0.15, 0.2) is 18.2 Å². The Morgan fingerprint density at radius 3 is 1.61 bits per heavy atom. The first kappa shape index (κ1) is 28.8. The molecule has 0 radical (unpaired) electrons. The Labute approximate surface area is 228 Å². The van der Waals surface area contributed by atoms with Gasteiger partial charge in [0.2, 0.25) is 0 Å².